The van der Waals surface area contributed by atoms with Gasteiger partial charge in [0.25, 0.3) is 0 Å². The van der Waals surface area contributed by atoms with Crippen molar-refractivity contribution in [3.05, 3.63) is 54.6 Å². The Morgan fingerprint density at radius 1 is 0.875 bits per heavy atom. The van der Waals surface area contributed by atoms with Crippen molar-refractivity contribution in [2.75, 3.05) is 11.1 Å². The van der Waals surface area contributed by atoms with E-state index in [0.29, 0.717) is 28.1 Å². The summed E-state index contributed by atoms with van der Waals surface area (Å²) in [6.45, 7) is 1.45. The van der Waals surface area contributed by atoms with E-state index in [9.17, 15) is 9.90 Å². The maximum absolute atomic E-state index is 11.0. The van der Waals surface area contributed by atoms with Crippen LogP contribution in [0.2, 0.25) is 0 Å². The van der Waals surface area contributed by atoms with Crippen LogP contribution in [0.5, 0.6) is 5.75 Å². The van der Waals surface area contributed by atoms with Gasteiger partial charge in [0.05, 0.1) is 16.8 Å². The minimum atomic E-state index is -3.11. The summed E-state index contributed by atoms with van der Waals surface area (Å²) in [4.78, 5) is 11.0. The number of hydrogen-bond acceptors (Lipinski definition) is 11. The number of phenolic OH excluding ortho intramolecular Hbond substituents is 1. The average molecular weight is 480 g/mol. The van der Waals surface area contributed by atoms with Gasteiger partial charge in [-0.2, -0.15) is 5.11 Å². The maximum Gasteiger partial charge on any atom is 0.425 e. The van der Waals surface area contributed by atoms with E-state index in [1.54, 1.807) is 42.5 Å². The molecule has 0 aromatic heterocycles. The Bertz CT molecular complexity index is 1310. The molecular weight excluding hydrogens is 464 g/mol. The van der Waals surface area contributed by atoms with Crippen LogP contribution < -0.4 is 11.1 Å². The van der Waals surface area contributed by atoms with E-state index < -0.39 is 21.2 Å². The largest absolute Gasteiger partial charge is 0.507 e. The van der Waals surface area contributed by atoms with Crippen molar-refractivity contribution in [1.82, 2.24) is 0 Å². The van der Waals surface area contributed by atoms with Gasteiger partial charge in [-0.1, -0.05) is 18.2 Å². The molecule has 3 aromatic rings. The molecule has 0 aliphatic rings. The van der Waals surface area contributed by atoms with E-state index in [2.05, 4.69) is 15.5 Å². The molecule has 0 unspecified atom stereocenters. The molecule has 14 heteroatoms. The number of benzene rings is 3. The number of carbonyl (C=O) groups excluding carboxylic acids is 1. The van der Waals surface area contributed by atoms with Gasteiger partial charge >= 0.3 is 21.2 Å². The van der Waals surface area contributed by atoms with Gasteiger partial charge in [0.15, 0.2) is 0 Å². The molecule has 0 spiro atoms. The molecule has 12 nitrogen and oxygen atoms in total. The molecule has 0 aliphatic heterocycles. The molecule has 0 fully saturated rings. The van der Waals surface area contributed by atoms with Gasteiger partial charge in [0, 0.05) is 12.6 Å². The Morgan fingerprint density at radius 3 is 1.97 bits per heavy atom. The zero-order valence-corrected chi connectivity index (χ0v) is 17.9. The molecule has 0 saturated carbocycles. The number of nitrogen functional groups attached to an aromatic ring is 1. The van der Waals surface area contributed by atoms with E-state index in [-0.39, 0.29) is 11.7 Å². The number of aromatic hydroxyl groups is 1. The van der Waals surface area contributed by atoms with E-state index >= 15 is 0 Å². The Kier molecular flexibility index (Phi) is 10.1. The van der Waals surface area contributed by atoms with Crippen LogP contribution in [-0.2, 0) is 26.0 Å². The summed E-state index contributed by atoms with van der Waals surface area (Å²) in [6, 6.07) is 15.7. The van der Waals surface area contributed by atoms with Crippen molar-refractivity contribution < 1.29 is 35.2 Å². The van der Waals surface area contributed by atoms with E-state index in [1.165, 1.54) is 6.92 Å². The number of anilines is 2. The first-order chi connectivity index (χ1) is 15.0. The third-order valence-electron chi connectivity index (χ3n) is 3.48. The number of azo groups is 1. The number of nitrogens with two attached hydrogens (primary N) is 1. The lowest BCUT2D eigenvalue weighted by atomic mass is 10.1. The quantitative estimate of drug-likeness (QED) is 0.371. The highest BCUT2D eigenvalue weighted by Crippen LogP contribution is 2.38. The van der Waals surface area contributed by atoms with Crippen LogP contribution in [0, 0.1) is 0 Å². The highest BCUT2D eigenvalue weighted by atomic mass is 32.2. The lowest BCUT2D eigenvalue weighted by Crippen LogP contribution is -2.04. The third kappa shape index (κ3) is 9.10. The standard InChI is InChI=1S/C18H16N4O2.2O3S/c1-11(23)20-13-6-8-14(9-7-13)21-22-18-15(19)10-5-12-3-2-4-16(24)17(12)18;2*1-4(2)3/h2-10,24H,19H2,1H3,(H,20,23);;. The third-order valence-corrected chi connectivity index (χ3v) is 3.48. The van der Waals surface area contributed by atoms with Gasteiger partial charge < -0.3 is 16.2 Å². The van der Waals surface area contributed by atoms with Gasteiger partial charge in [0.2, 0.25) is 5.91 Å². The van der Waals surface area contributed by atoms with Gasteiger partial charge in [-0.15, -0.1) is 30.4 Å². The highest BCUT2D eigenvalue weighted by molar-refractivity contribution is 7.59. The minimum absolute atomic E-state index is 0.106. The molecular formula is C18H16N4O8S2. The van der Waals surface area contributed by atoms with Crippen molar-refractivity contribution in [2.45, 2.75) is 6.92 Å². The summed E-state index contributed by atoms with van der Waals surface area (Å²) in [5.74, 6) is -0.0295. The molecule has 0 saturated heterocycles. The monoisotopic (exact) mass is 480 g/mol. The van der Waals surface area contributed by atoms with E-state index in [0.717, 1.165) is 5.39 Å². The summed E-state index contributed by atoms with van der Waals surface area (Å²) in [7, 11) is -6.22. The van der Waals surface area contributed by atoms with Crippen molar-refractivity contribution in [3.63, 3.8) is 0 Å². The Morgan fingerprint density at radius 2 is 1.44 bits per heavy atom. The molecule has 32 heavy (non-hydrogen) atoms. The van der Waals surface area contributed by atoms with Crippen LogP contribution in [0.3, 0.4) is 0 Å². The molecule has 0 radical (unpaired) electrons. The second kappa shape index (κ2) is 12.5. The second-order valence-electron chi connectivity index (χ2n) is 5.71. The lowest BCUT2D eigenvalue weighted by molar-refractivity contribution is -0.114. The number of rotatable bonds is 3. The summed E-state index contributed by atoms with van der Waals surface area (Å²) in [5, 5.41) is 22.6. The molecule has 0 bridgehead atoms. The van der Waals surface area contributed by atoms with Crippen LogP contribution >= 0.6 is 0 Å². The fourth-order valence-electron chi connectivity index (χ4n) is 2.39. The molecule has 0 aliphatic carbocycles. The van der Waals surface area contributed by atoms with Crippen molar-refractivity contribution in [3.8, 4) is 5.75 Å². The number of fused-ring (bicyclic) bond motifs is 1. The molecule has 3 rings (SSSR count). The maximum atomic E-state index is 11.0. The smallest absolute Gasteiger partial charge is 0.425 e. The Balaban J connectivity index is 0.000000554. The topological polar surface area (TPSA) is 202 Å². The number of hydrogen-bond donors (Lipinski definition) is 3. The first kappa shape index (κ1) is 25.9. The molecule has 1 amide bonds. The van der Waals surface area contributed by atoms with Crippen LogP contribution in [0.15, 0.2) is 64.8 Å². The molecule has 0 atom stereocenters. The minimum Gasteiger partial charge on any atom is -0.507 e. The highest BCUT2D eigenvalue weighted by Gasteiger charge is 2.09. The van der Waals surface area contributed by atoms with Gasteiger partial charge in [-0.25, -0.2) is 0 Å². The average Bonchev–Trinajstić information content (AvgIpc) is 2.67. The predicted octanol–water partition coefficient (Wildman–Crippen LogP) is 2.49. The van der Waals surface area contributed by atoms with Gasteiger partial charge in [-0.05, 0) is 41.8 Å². The SMILES string of the molecule is CC(=O)Nc1ccc(N=Nc2c(N)ccc3cccc(O)c23)cc1.O=S(=O)=O.O=S(=O)=O. The van der Waals surface area contributed by atoms with Crippen LogP contribution in [0.1, 0.15) is 6.92 Å². The Labute approximate surface area is 184 Å². The fraction of sp³-hybridized carbons (Fsp3) is 0.0556. The van der Waals surface area contributed by atoms with Crippen molar-refractivity contribution in [1.29, 1.82) is 0 Å². The summed E-state index contributed by atoms with van der Waals surface area (Å²) < 4.78 is 50.7. The zero-order valence-electron chi connectivity index (χ0n) is 16.3. The lowest BCUT2D eigenvalue weighted by Gasteiger charge is -2.06. The number of nitrogens with zero attached hydrogens (tertiary/aromatic N) is 2. The van der Waals surface area contributed by atoms with E-state index in [4.69, 9.17) is 31.0 Å². The summed E-state index contributed by atoms with van der Waals surface area (Å²) in [6.07, 6.45) is 0. The van der Waals surface area contributed by atoms with Crippen LogP contribution in [-0.4, -0.2) is 36.3 Å². The number of amides is 1. The fourth-order valence-corrected chi connectivity index (χ4v) is 2.39. The van der Waals surface area contributed by atoms with Gasteiger partial charge in [-0.3, -0.25) is 4.79 Å². The Hall–Kier alpha value is -4.17. The van der Waals surface area contributed by atoms with Gasteiger partial charge in [0.1, 0.15) is 11.4 Å². The zero-order chi connectivity index (χ0) is 24.3. The summed E-state index contributed by atoms with van der Waals surface area (Å²) in [5.41, 5.74) is 8.14. The summed E-state index contributed by atoms with van der Waals surface area (Å²) >= 11 is 0. The predicted molar refractivity (Wildman–Crippen MR) is 114 cm³/mol. The molecule has 4 N–H and O–H groups in total. The number of carbonyl (C=O) groups is 1. The first-order valence-corrected chi connectivity index (χ1v) is 10.3. The molecule has 3 aromatic carbocycles. The van der Waals surface area contributed by atoms with E-state index in [1.807, 2.05) is 12.1 Å². The molecule has 0 heterocycles. The number of phenols is 1. The van der Waals surface area contributed by atoms with Crippen molar-refractivity contribution >= 4 is 60.6 Å². The molecule has 168 valence electrons. The van der Waals surface area contributed by atoms with Crippen molar-refractivity contribution in [2.24, 2.45) is 10.2 Å². The second-order valence-corrected chi connectivity index (χ2v) is 6.53. The normalized spacial score (nSPS) is 9.78. The van der Waals surface area contributed by atoms with Crippen LogP contribution in [0.25, 0.3) is 10.8 Å². The number of nitrogens with one attached hydrogen (secondary N) is 1. The first-order valence-electron chi connectivity index (χ1n) is 8.34. The van der Waals surface area contributed by atoms with Crippen LogP contribution in [0.4, 0.5) is 22.7 Å².